The van der Waals surface area contributed by atoms with E-state index in [0.717, 1.165) is 35.6 Å². The Labute approximate surface area is 154 Å². The van der Waals surface area contributed by atoms with Crippen LogP contribution in [0.25, 0.3) is 5.65 Å². The van der Waals surface area contributed by atoms with Crippen molar-refractivity contribution < 1.29 is 9.59 Å². The molecule has 0 spiro atoms. The van der Waals surface area contributed by atoms with Gasteiger partial charge in [0.25, 0.3) is 0 Å². The zero-order chi connectivity index (χ0) is 19.3. The molecule has 0 unspecified atom stereocenters. The van der Waals surface area contributed by atoms with Gasteiger partial charge in [-0.1, -0.05) is 20.8 Å². The third kappa shape index (κ3) is 6.13. The number of nitrogens with zero attached hydrogens (tertiary/aromatic N) is 3. The summed E-state index contributed by atoms with van der Waals surface area (Å²) in [5.41, 5.74) is 3.75. The molecule has 0 aromatic carbocycles. The van der Waals surface area contributed by atoms with Crippen LogP contribution in [0, 0.1) is 19.3 Å². The van der Waals surface area contributed by atoms with Crippen LogP contribution in [0.2, 0.25) is 0 Å². The molecule has 0 saturated heterocycles. The predicted molar refractivity (Wildman–Crippen MR) is 101 cm³/mol. The lowest BCUT2D eigenvalue weighted by Gasteiger charge is -2.17. The third-order valence-corrected chi connectivity index (χ3v) is 3.85. The number of hydrogen-bond acceptors (Lipinski definition) is 4. The SMILES string of the molecule is Cc1cc(C)n2nc(CCCNC(=O)CNC(=O)CC(C)(C)C)cc2n1. The Morgan fingerprint density at radius 2 is 1.85 bits per heavy atom. The summed E-state index contributed by atoms with van der Waals surface area (Å²) in [6.45, 7) is 10.5. The van der Waals surface area contributed by atoms with Crippen LogP contribution in [0.4, 0.5) is 0 Å². The second kappa shape index (κ2) is 8.29. The van der Waals surface area contributed by atoms with E-state index in [2.05, 4.69) is 20.7 Å². The molecule has 0 aliphatic rings. The molecule has 0 aliphatic carbocycles. The first kappa shape index (κ1) is 19.9. The van der Waals surface area contributed by atoms with Crippen molar-refractivity contribution in [2.45, 2.75) is 53.9 Å². The zero-order valence-electron chi connectivity index (χ0n) is 16.3. The molecule has 142 valence electrons. The minimum atomic E-state index is -0.171. The summed E-state index contributed by atoms with van der Waals surface area (Å²) >= 11 is 0. The Hall–Kier alpha value is -2.44. The number of rotatable bonds is 7. The van der Waals surface area contributed by atoms with Crippen LogP contribution in [0.3, 0.4) is 0 Å². The number of amides is 2. The monoisotopic (exact) mass is 359 g/mol. The number of aryl methyl sites for hydroxylation is 3. The van der Waals surface area contributed by atoms with Crippen molar-refractivity contribution in [1.29, 1.82) is 0 Å². The van der Waals surface area contributed by atoms with Gasteiger partial charge in [0.15, 0.2) is 5.65 Å². The van der Waals surface area contributed by atoms with Crippen molar-refractivity contribution in [3.05, 3.63) is 29.2 Å². The zero-order valence-corrected chi connectivity index (χ0v) is 16.3. The molecule has 2 aromatic rings. The second-order valence-corrected chi connectivity index (χ2v) is 7.91. The third-order valence-electron chi connectivity index (χ3n) is 3.85. The molecule has 0 saturated carbocycles. The van der Waals surface area contributed by atoms with E-state index in [1.807, 2.05) is 51.3 Å². The molecule has 0 atom stereocenters. The number of carbonyl (C=O) groups is 2. The summed E-state index contributed by atoms with van der Waals surface area (Å²) in [6, 6.07) is 3.98. The van der Waals surface area contributed by atoms with Crippen LogP contribution in [-0.4, -0.2) is 39.5 Å². The van der Waals surface area contributed by atoms with Crippen LogP contribution >= 0.6 is 0 Å². The molecule has 26 heavy (non-hydrogen) atoms. The van der Waals surface area contributed by atoms with Gasteiger partial charge in [-0.25, -0.2) is 9.50 Å². The van der Waals surface area contributed by atoms with Crippen LogP contribution in [0.15, 0.2) is 12.1 Å². The highest BCUT2D eigenvalue weighted by molar-refractivity contribution is 5.84. The van der Waals surface area contributed by atoms with Crippen molar-refractivity contribution in [3.63, 3.8) is 0 Å². The molecule has 2 rings (SSSR count). The lowest BCUT2D eigenvalue weighted by molar-refractivity contribution is -0.127. The lowest BCUT2D eigenvalue weighted by Crippen LogP contribution is -2.38. The molecule has 2 N–H and O–H groups in total. The van der Waals surface area contributed by atoms with Crippen molar-refractivity contribution in [2.24, 2.45) is 5.41 Å². The molecule has 7 heteroatoms. The largest absolute Gasteiger partial charge is 0.355 e. The van der Waals surface area contributed by atoms with E-state index in [4.69, 9.17) is 0 Å². The van der Waals surface area contributed by atoms with Gasteiger partial charge in [0, 0.05) is 30.4 Å². The Morgan fingerprint density at radius 3 is 2.54 bits per heavy atom. The molecule has 2 aromatic heterocycles. The molecule has 0 bridgehead atoms. The average Bonchev–Trinajstić information content (AvgIpc) is 2.91. The van der Waals surface area contributed by atoms with E-state index >= 15 is 0 Å². The molecule has 0 fully saturated rings. The van der Waals surface area contributed by atoms with Gasteiger partial charge in [-0.3, -0.25) is 9.59 Å². The smallest absolute Gasteiger partial charge is 0.239 e. The molecule has 7 nitrogen and oxygen atoms in total. The van der Waals surface area contributed by atoms with E-state index in [0.29, 0.717) is 13.0 Å². The van der Waals surface area contributed by atoms with E-state index in [9.17, 15) is 9.59 Å². The normalized spacial score (nSPS) is 11.6. The second-order valence-electron chi connectivity index (χ2n) is 7.91. The highest BCUT2D eigenvalue weighted by Crippen LogP contribution is 2.17. The van der Waals surface area contributed by atoms with Crippen molar-refractivity contribution in [2.75, 3.05) is 13.1 Å². The van der Waals surface area contributed by atoms with Gasteiger partial charge < -0.3 is 10.6 Å². The first-order valence-electron chi connectivity index (χ1n) is 9.00. The number of nitrogens with one attached hydrogen (secondary N) is 2. The Bertz CT molecular complexity index is 789. The Morgan fingerprint density at radius 1 is 1.12 bits per heavy atom. The topological polar surface area (TPSA) is 88.4 Å². The quantitative estimate of drug-likeness (QED) is 0.740. The average molecular weight is 359 g/mol. The van der Waals surface area contributed by atoms with E-state index < -0.39 is 0 Å². The summed E-state index contributed by atoms with van der Waals surface area (Å²) in [4.78, 5) is 28.0. The fourth-order valence-electron chi connectivity index (χ4n) is 2.74. The maximum atomic E-state index is 11.8. The van der Waals surface area contributed by atoms with Gasteiger partial charge in [-0.05, 0) is 38.2 Å². The van der Waals surface area contributed by atoms with Crippen molar-refractivity contribution in [3.8, 4) is 0 Å². The molecular formula is C19H29N5O2. The van der Waals surface area contributed by atoms with E-state index in [-0.39, 0.29) is 23.8 Å². The number of aromatic nitrogens is 3. The summed E-state index contributed by atoms with van der Waals surface area (Å²) in [5, 5.41) is 10.0. The molecule has 2 heterocycles. The van der Waals surface area contributed by atoms with Crippen LogP contribution in [0.5, 0.6) is 0 Å². The maximum absolute atomic E-state index is 11.8. The molecular weight excluding hydrogens is 330 g/mol. The van der Waals surface area contributed by atoms with Crippen LogP contribution in [0.1, 0.15) is 50.7 Å². The highest BCUT2D eigenvalue weighted by Gasteiger charge is 2.16. The first-order valence-corrected chi connectivity index (χ1v) is 9.00. The van der Waals surface area contributed by atoms with Gasteiger partial charge in [0.2, 0.25) is 11.8 Å². The van der Waals surface area contributed by atoms with Crippen LogP contribution in [-0.2, 0) is 16.0 Å². The van der Waals surface area contributed by atoms with Gasteiger partial charge >= 0.3 is 0 Å². The Balaban J connectivity index is 1.71. The van der Waals surface area contributed by atoms with E-state index in [1.54, 1.807) is 0 Å². The fourth-order valence-corrected chi connectivity index (χ4v) is 2.74. The molecule has 2 amide bonds. The maximum Gasteiger partial charge on any atom is 0.239 e. The lowest BCUT2D eigenvalue weighted by atomic mass is 9.92. The minimum Gasteiger partial charge on any atom is -0.355 e. The number of fused-ring (bicyclic) bond motifs is 1. The van der Waals surface area contributed by atoms with Gasteiger partial charge in [-0.15, -0.1) is 0 Å². The van der Waals surface area contributed by atoms with Crippen molar-refractivity contribution >= 4 is 17.5 Å². The van der Waals surface area contributed by atoms with Crippen molar-refractivity contribution in [1.82, 2.24) is 25.2 Å². The summed E-state index contributed by atoms with van der Waals surface area (Å²) in [6.07, 6.45) is 1.95. The number of hydrogen-bond donors (Lipinski definition) is 2. The van der Waals surface area contributed by atoms with Gasteiger partial charge in [-0.2, -0.15) is 5.10 Å². The van der Waals surface area contributed by atoms with Crippen LogP contribution < -0.4 is 10.6 Å². The predicted octanol–water partition coefficient (Wildman–Crippen LogP) is 1.95. The summed E-state index contributed by atoms with van der Waals surface area (Å²) < 4.78 is 1.84. The number of carbonyl (C=O) groups excluding carboxylic acids is 2. The first-order chi connectivity index (χ1) is 12.1. The standard InChI is InChI=1S/C19H29N5O2/c1-13-9-14(2)24-16(22-13)10-15(23-24)7-6-8-20-18(26)12-21-17(25)11-19(3,4)5/h9-10H,6-8,11-12H2,1-5H3,(H,20,26)(H,21,25). The van der Waals surface area contributed by atoms with Gasteiger partial charge in [0.05, 0.1) is 12.2 Å². The van der Waals surface area contributed by atoms with E-state index in [1.165, 1.54) is 0 Å². The fraction of sp³-hybridized carbons (Fsp3) is 0.579. The minimum absolute atomic E-state index is 0.0195. The Kier molecular flexibility index (Phi) is 6.34. The summed E-state index contributed by atoms with van der Waals surface area (Å²) in [7, 11) is 0. The van der Waals surface area contributed by atoms with Gasteiger partial charge in [0.1, 0.15) is 0 Å². The molecule has 0 aliphatic heterocycles. The summed E-state index contributed by atoms with van der Waals surface area (Å²) in [5.74, 6) is -0.272. The highest BCUT2D eigenvalue weighted by atomic mass is 16.2. The molecule has 0 radical (unpaired) electrons.